The van der Waals surface area contributed by atoms with Crippen molar-refractivity contribution in [2.75, 3.05) is 70.8 Å². The van der Waals surface area contributed by atoms with Gasteiger partial charge in [0.05, 0.1) is 6.04 Å². The number of carbonyl (C=O) groups excluding carboxylic acids is 1. The number of alkyl halides is 3. The van der Waals surface area contributed by atoms with Crippen molar-refractivity contribution in [2.45, 2.75) is 30.9 Å². The van der Waals surface area contributed by atoms with E-state index >= 15 is 0 Å². The van der Waals surface area contributed by atoms with E-state index in [0.717, 1.165) is 42.3 Å². The average Bonchev–Trinajstić information content (AvgIpc) is 3.97. The summed E-state index contributed by atoms with van der Waals surface area (Å²) >= 11 is 2.35. The van der Waals surface area contributed by atoms with E-state index in [9.17, 15) is 22.4 Å². The van der Waals surface area contributed by atoms with Crippen LogP contribution in [0.25, 0.3) is 0 Å². The largest absolute Gasteiger partial charge is 0.573 e. The minimum absolute atomic E-state index is 0.0293. The van der Waals surface area contributed by atoms with Gasteiger partial charge in [-0.3, -0.25) is 15.0 Å². The third-order valence-corrected chi connectivity index (χ3v) is 11.2. The molecule has 0 spiro atoms. The third-order valence-electron chi connectivity index (χ3n) is 9.70. The van der Waals surface area contributed by atoms with Gasteiger partial charge < -0.3 is 30.9 Å². The van der Waals surface area contributed by atoms with E-state index in [2.05, 4.69) is 71.3 Å². The Morgan fingerprint density at radius 1 is 0.855 bits per heavy atom. The van der Waals surface area contributed by atoms with Crippen molar-refractivity contribution in [3.8, 4) is 5.75 Å². The Bertz CT molecular complexity index is 2090. The molecule has 288 valence electrons. The van der Waals surface area contributed by atoms with Crippen LogP contribution in [-0.2, 0) is 4.79 Å². The Kier molecular flexibility index (Phi) is 10.1. The van der Waals surface area contributed by atoms with E-state index in [4.69, 9.17) is 5.73 Å². The number of benzene rings is 1. The van der Waals surface area contributed by atoms with Crippen molar-refractivity contribution in [2.24, 2.45) is 11.8 Å². The van der Waals surface area contributed by atoms with Crippen LogP contribution in [0.1, 0.15) is 18.0 Å². The van der Waals surface area contributed by atoms with Crippen molar-refractivity contribution >= 4 is 60.7 Å². The molecule has 1 amide bonds. The van der Waals surface area contributed by atoms with E-state index in [-0.39, 0.29) is 34.6 Å². The fraction of sp³-hybridized carbons (Fsp3) is 0.406. The number of amides is 1. The first-order valence-electron chi connectivity index (χ1n) is 17.2. The van der Waals surface area contributed by atoms with Crippen LogP contribution >= 0.6 is 22.7 Å². The predicted molar refractivity (Wildman–Crippen MR) is 195 cm³/mol. The van der Waals surface area contributed by atoms with Crippen molar-refractivity contribution in [3.63, 3.8) is 0 Å². The SMILES string of the molecule is Nc1nnc(N[C@H]2CN(c3cccnn3)CC2C2CN([C@H](C(=O)Nc3nnc(N[C@@H]4CCN(c5cccnn5)C4)s3)c3ccc(F)c(OC(F)(F)F)c3)C2)s1. The van der Waals surface area contributed by atoms with Crippen LogP contribution in [0.5, 0.6) is 5.75 Å². The molecule has 3 aliphatic rings. The molecule has 17 nitrogen and oxygen atoms in total. The van der Waals surface area contributed by atoms with E-state index in [0.29, 0.717) is 53.9 Å². The van der Waals surface area contributed by atoms with E-state index in [1.165, 1.54) is 17.4 Å². The van der Waals surface area contributed by atoms with E-state index in [1.807, 2.05) is 23.1 Å². The minimum atomic E-state index is -5.14. The number of halogens is 4. The lowest BCUT2D eigenvalue weighted by atomic mass is 9.81. The monoisotopic (exact) mass is 799 g/mol. The molecule has 1 unspecified atom stereocenters. The standard InChI is InChI=1S/C32H33F4N15O2S2/c33-21-6-5-17(11-23(21)53-32(34,35)36)26(27(52)42-31-48-47-29(55-31)40-19-7-10-49(14-19)24-3-1-8-38-43-24)51-12-18(13-51)20-15-50(25-4-2-9-39-44-25)16-22(20)41-30-46-45-28(37)54-30/h1-6,8-9,11,18-20,22,26H,7,10,12-16H2,(H2,37,45)(H,40,47)(H,41,46)(H,42,48,52)/t19-,20?,22+,26+/m1/s1. The zero-order valence-corrected chi connectivity index (χ0v) is 30.3. The summed E-state index contributed by atoms with van der Waals surface area (Å²) < 4.78 is 58.2. The van der Waals surface area contributed by atoms with Gasteiger partial charge >= 0.3 is 6.36 Å². The van der Waals surface area contributed by atoms with Gasteiger partial charge in [-0.25, -0.2) is 4.39 Å². The van der Waals surface area contributed by atoms with Gasteiger partial charge in [-0.1, -0.05) is 28.7 Å². The maximum atomic E-state index is 14.6. The number of hydrogen-bond acceptors (Lipinski definition) is 18. The first-order chi connectivity index (χ1) is 26.5. The van der Waals surface area contributed by atoms with Crippen LogP contribution in [0.15, 0.2) is 54.9 Å². The molecular weight excluding hydrogens is 767 g/mol. The maximum absolute atomic E-state index is 14.6. The lowest BCUT2D eigenvalue weighted by Gasteiger charge is -2.47. The highest BCUT2D eigenvalue weighted by Crippen LogP contribution is 2.40. The molecule has 3 aliphatic heterocycles. The Morgan fingerprint density at radius 3 is 2.25 bits per heavy atom. The molecule has 5 N–H and O–H groups in total. The summed E-state index contributed by atoms with van der Waals surface area (Å²) in [7, 11) is 0. The first kappa shape index (κ1) is 36.4. The summed E-state index contributed by atoms with van der Waals surface area (Å²) in [5.74, 6) is -1.29. The fourth-order valence-electron chi connectivity index (χ4n) is 7.24. The van der Waals surface area contributed by atoms with Crippen LogP contribution in [0.3, 0.4) is 0 Å². The van der Waals surface area contributed by atoms with Crippen LogP contribution in [-0.4, -0.2) is 109 Å². The summed E-state index contributed by atoms with van der Waals surface area (Å²) in [4.78, 5) is 20.1. The number of hydrogen-bond donors (Lipinski definition) is 4. The molecule has 0 radical (unpaired) electrons. The molecular formula is C32H33F4N15O2S2. The zero-order valence-electron chi connectivity index (χ0n) is 28.7. The number of aromatic nitrogens is 8. The molecule has 1 aromatic carbocycles. The number of nitrogens with two attached hydrogens (primary N) is 1. The number of nitrogen functional groups attached to an aromatic ring is 1. The molecule has 3 saturated heterocycles. The average molecular weight is 800 g/mol. The predicted octanol–water partition coefficient (Wildman–Crippen LogP) is 3.51. The van der Waals surface area contributed by atoms with Crippen molar-refractivity contribution < 1.29 is 27.1 Å². The normalized spacial score (nSPS) is 21.0. The second kappa shape index (κ2) is 15.3. The molecule has 55 heavy (non-hydrogen) atoms. The molecule has 0 aliphatic carbocycles. The van der Waals surface area contributed by atoms with E-state index < -0.39 is 29.9 Å². The fourth-order valence-corrected chi connectivity index (χ4v) is 8.54. The van der Waals surface area contributed by atoms with Crippen molar-refractivity contribution in [3.05, 3.63) is 66.2 Å². The lowest BCUT2D eigenvalue weighted by molar-refractivity contribution is -0.275. The Balaban J connectivity index is 0.988. The Hall–Kier alpha value is -5.55. The molecule has 5 aromatic rings. The molecule has 7 heterocycles. The topological polar surface area (TPSA) is 201 Å². The number of nitrogens with zero attached hydrogens (tertiary/aromatic N) is 11. The molecule has 3 fully saturated rings. The van der Waals surface area contributed by atoms with Gasteiger partial charge in [-0.05, 0) is 54.3 Å². The quantitative estimate of drug-likeness (QED) is 0.134. The summed E-state index contributed by atoms with van der Waals surface area (Å²) in [5, 5.41) is 43.9. The zero-order chi connectivity index (χ0) is 38.1. The van der Waals surface area contributed by atoms with Crippen LogP contribution in [0.4, 0.5) is 49.7 Å². The lowest BCUT2D eigenvalue weighted by Crippen LogP contribution is -2.56. The molecule has 4 atom stereocenters. The molecule has 0 bridgehead atoms. The van der Waals surface area contributed by atoms with Gasteiger partial charge in [0.1, 0.15) is 6.04 Å². The number of anilines is 6. The van der Waals surface area contributed by atoms with Gasteiger partial charge in [0.15, 0.2) is 23.2 Å². The number of likely N-dealkylation sites (tertiary alicyclic amines) is 1. The highest BCUT2D eigenvalue weighted by molar-refractivity contribution is 7.19. The molecule has 4 aromatic heterocycles. The van der Waals surface area contributed by atoms with E-state index in [1.54, 1.807) is 18.5 Å². The Labute approximate surface area is 318 Å². The van der Waals surface area contributed by atoms with Crippen LogP contribution in [0.2, 0.25) is 0 Å². The number of ether oxygens (including phenoxy) is 1. The first-order valence-corrected chi connectivity index (χ1v) is 18.8. The minimum Gasteiger partial charge on any atom is -0.403 e. The third kappa shape index (κ3) is 8.42. The van der Waals surface area contributed by atoms with Gasteiger partial charge in [-0.2, -0.15) is 10.2 Å². The van der Waals surface area contributed by atoms with Crippen LogP contribution in [0, 0.1) is 17.7 Å². The molecule has 8 rings (SSSR count). The Morgan fingerprint density at radius 2 is 1.56 bits per heavy atom. The second-order valence-electron chi connectivity index (χ2n) is 13.3. The van der Waals surface area contributed by atoms with Crippen LogP contribution < -0.4 is 36.2 Å². The van der Waals surface area contributed by atoms with Crippen molar-refractivity contribution in [1.29, 1.82) is 0 Å². The molecule has 23 heteroatoms. The highest BCUT2D eigenvalue weighted by atomic mass is 32.1. The summed E-state index contributed by atoms with van der Waals surface area (Å²) in [5.41, 5.74) is 5.94. The number of rotatable bonds is 12. The second-order valence-corrected chi connectivity index (χ2v) is 15.2. The summed E-state index contributed by atoms with van der Waals surface area (Å²) in [6, 6.07) is 9.25. The number of nitrogens with one attached hydrogen (secondary N) is 3. The smallest absolute Gasteiger partial charge is 0.403 e. The van der Waals surface area contributed by atoms with Gasteiger partial charge in [0, 0.05) is 63.6 Å². The summed E-state index contributed by atoms with van der Waals surface area (Å²) in [6.07, 6.45) is -1.12. The number of carbonyl (C=O) groups is 1. The molecule has 0 saturated carbocycles. The van der Waals surface area contributed by atoms with Crippen molar-refractivity contribution in [1.82, 2.24) is 45.7 Å². The summed E-state index contributed by atoms with van der Waals surface area (Å²) in [6.45, 7) is 3.40. The maximum Gasteiger partial charge on any atom is 0.573 e. The van der Waals surface area contributed by atoms with Gasteiger partial charge in [0.25, 0.3) is 0 Å². The van der Waals surface area contributed by atoms with Gasteiger partial charge in [-0.15, -0.1) is 43.8 Å². The highest BCUT2D eigenvalue weighted by Gasteiger charge is 2.47. The van der Waals surface area contributed by atoms with Gasteiger partial charge in [0.2, 0.25) is 26.4 Å².